The number of hydrogen-bond acceptors (Lipinski definition) is 4. The highest BCUT2D eigenvalue weighted by atomic mass is 32.2. The molecule has 0 aromatic heterocycles. The Hall–Kier alpha value is -2.12. The summed E-state index contributed by atoms with van der Waals surface area (Å²) in [6, 6.07) is 12.9. The molecule has 0 radical (unpaired) electrons. The molecule has 1 amide bonds. The average molecular weight is 433 g/mol. The number of sulfonamides is 1. The molecule has 2 aromatic rings. The Morgan fingerprint density at radius 1 is 0.967 bits per heavy atom. The molecule has 1 aliphatic carbocycles. The summed E-state index contributed by atoms with van der Waals surface area (Å²) in [4.78, 5) is 12.1. The molecule has 0 bridgehead atoms. The van der Waals surface area contributed by atoms with Crippen molar-refractivity contribution in [3.05, 3.63) is 42.5 Å². The van der Waals surface area contributed by atoms with Crippen LogP contribution >= 0.6 is 0 Å². The van der Waals surface area contributed by atoms with E-state index in [0.29, 0.717) is 29.8 Å². The molecule has 2 N–H and O–H groups in total. The maximum atomic E-state index is 12.9. The summed E-state index contributed by atoms with van der Waals surface area (Å²) >= 11 is 0. The highest BCUT2D eigenvalue weighted by Gasteiger charge is 2.25. The van der Waals surface area contributed by atoms with Gasteiger partial charge in [-0.2, -0.15) is 0 Å². The van der Waals surface area contributed by atoms with Gasteiger partial charge in [0.1, 0.15) is 5.60 Å². The normalized spacial score (nSPS) is 20.1. The molecule has 0 saturated heterocycles. The molecule has 1 fully saturated rings. The van der Waals surface area contributed by atoms with Crippen molar-refractivity contribution in [1.29, 1.82) is 0 Å². The molecule has 7 heteroatoms. The van der Waals surface area contributed by atoms with Gasteiger partial charge < -0.3 is 10.1 Å². The van der Waals surface area contributed by atoms with E-state index in [1.54, 1.807) is 12.1 Å². The maximum Gasteiger partial charge on any atom is 0.407 e. The molecule has 164 valence electrons. The summed E-state index contributed by atoms with van der Waals surface area (Å²) in [5.74, 6) is 0.718. The molecule has 0 unspecified atom stereocenters. The van der Waals surface area contributed by atoms with E-state index in [1.165, 1.54) is 0 Å². The van der Waals surface area contributed by atoms with E-state index in [4.69, 9.17) is 4.74 Å². The summed E-state index contributed by atoms with van der Waals surface area (Å²) in [6.45, 7) is 6.58. The lowest BCUT2D eigenvalue weighted by Gasteiger charge is -2.29. The van der Waals surface area contributed by atoms with Gasteiger partial charge in [-0.3, -0.25) is 0 Å². The Morgan fingerprint density at radius 2 is 1.57 bits per heavy atom. The van der Waals surface area contributed by atoms with Crippen LogP contribution in [0.2, 0.25) is 0 Å². The number of hydrogen-bond donors (Lipinski definition) is 2. The van der Waals surface area contributed by atoms with Gasteiger partial charge in [-0.15, -0.1) is 0 Å². The third kappa shape index (κ3) is 6.19. The summed E-state index contributed by atoms with van der Waals surface area (Å²) < 4.78 is 33.8. The first-order chi connectivity index (χ1) is 14.1. The van der Waals surface area contributed by atoms with E-state index in [-0.39, 0.29) is 6.09 Å². The lowest BCUT2D eigenvalue weighted by Crippen LogP contribution is -2.37. The zero-order valence-corrected chi connectivity index (χ0v) is 18.8. The van der Waals surface area contributed by atoms with E-state index in [9.17, 15) is 13.2 Å². The lowest BCUT2D eigenvalue weighted by molar-refractivity contribution is 0.0513. The molecular formula is C23H32N2O4S. The standard InChI is InChI=1S/C23H32N2O4S/c1-23(2,3)29-22(26)24-15-17-11-13-18(14-12-17)16-25-30(27,28)21-10-6-8-19-7-4-5-9-20(19)21/h4-10,17-18,25H,11-16H2,1-3H3,(H,24,26)/t17-,18-. The van der Waals surface area contributed by atoms with Gasteiger partial charge in [-0.05, 0) is 69.7 Å². The first-order valence-corrected chi connectivity index (χ1v) is 12.1. The van der Waals surface area contributed by atoms with Crippen LogP contribution in [0.25, 0.3) is 10.8 Å². The molecule has 3 rings (SSSR count). The van der Waals surface area contributed by atoms with E-state index < -0.39 is 15.6 Å². The van der Waals surface area contributed by atoms with E-state index >= 15 is 0 Å². The maximum absolute atomic E-state index is 12.9. The first kappa shape index (κ1) is 22.6. The number of carbonyl (C=O) groups is 1. The Kier molecular flexibility index (Phi) is 7.03. The number of amides is 1. The van der Waals surface area contributed by atoms with Crippen molar-refractivity contribution >= 4 is 26.9 Å². The fraction of sp³-hybridized carbons (Fsp3) is 0.522. The molecule has 2 aromatic carbocycles. The van der Waals surface area contributed by atoms with Crippen LogP contribution in [-0.2, 0) is 14.8 Å². The summed E-state index contributed by atoms with van der Waals surface area (Å²) in [6.07, 6.45) is 3.44. The predicted molar refractivity (Wildman–Crippen MR) is 119 cm³/mol. The predicted octanol–water partition coefficient (Wildman–Crippen LogP) is 4.45. The van der Waals surface area contributed by atoms with Crippen LogP contribution in [0.15, 0.2) is 47.4 Å². The van der Waals surface area contributed by atoms with Gasteiger partial charge in [0.2, 0.25) is 10.0 Å². The largest absolute Gasteiger partial charge is 0.444 e. The summed E-state index contributed by atoms with van der Waals surface area (Å²) in [7, 11) is -3.56. The number of ether oxygens (including phenoxy) is 1. The van der Waals surface area contributed by atoms with Crippen LogP contribution in [-0.4, -0.2) is 33.2 Å². The van der Waals surface area contributed by atoms with Crippen molar-refractivity contribution in [3.63, 3.8) is 0 Å². The summed E-state index contributed by atoms with van der Waals surface area (Å²) in [5.41, 5.74) is -0.497. The van der Waals surface area contributed by atoms with E-state index in [1.807, 2.05) is 51.1 Å². The molecule has 0 atom stereocenters. The number of rotatable bonds is 6. The quantitative estimate of drug-likeness (QED) is 0.706. The third-order valence-corrected chi connectivity index (χ3v) is 6.98. The Morgan fingerprint density at radius 3 is 2.23 bits per heavy atom. The van der Waals surface area contributed by atoms with Crippen molar-refractivity contribution in [2.24, 2.45) is 11.8 Å². The smallest absolute Gasteiger partial charge is 0.407 e. The lowest BCUT2D eigenvalue weighted by atomic mass is 9.82. The van der Waals surface area contributed by atoms with E-state index in [2.05, 4.69) is 10.0 Å². The summed E-state index contributed by atoms with van der Waals surface area (Å²) in [5, 5.41) is 4.50. The Bertz CT molecular complexity index is 969. The number of carbonyl (C=O) groups excluding carboxylic acids is 1. The Labute approximate surface area is 179 Å². The van der Waals surface area contributed by atoms with Crippen LogP contribution in [0.1, 0.15) is 46.5 Å². The van der Waals surface area contributed by atoms with Gasteiger partial charge in [-0.1, -0.05) is 36.4 Å². The fourth-order valence-corrected chi connectivity index (χ4v) is 5.26. The van der Waals surface area contributed by atoms with Crippen molar-refractivity contribution in [1.82, 2.24) is 10.0 Å². The topological polar surface area (TPSA) is 84.5 Å². The monoisotopic (exact) mass is 432 g/mol. The van der Waals surface area contributed by atoms with Gasteiger partial charge >= 0.3 is 6.09 Å². The highest BCUT2D eigenvalue weighted by molar-refractivity contribution is 7.89. The van der Waals surface area contributed by atoms with Crippen molar-refractivity contribution in [2.45, 2.75) is 57.0 Å². The first-order valence-electron chi connectivity index (χ1n) is 10.6. The molecule has 0 aliphatic heterocycles. The van der Waals surface area contributed by atoms with Gasteiger partial charge in [0.05, 0.1) is 4.90 Å². The minimum Gasteiger partial charge on any atom is -0.444 e. The van der Waals surface area contributed by atoms with Gasteiger partial charge in [0.15, 0.2) is 0 Å². The molecule has 0 spiro atoms. The third-order valence-electron chi connectivity index (χ3n) is 5.50. The van der Waals surface area contributed by atoms with Crippen molar-refractivity contribution in [3.8, 4) is 0 Å². The van der Waals surface area contributed by atoms with Crippen LogP contribution < -0.4 is 10.0 Å². The molecule has 0 heterocycles. The van der Waals surface area contributed by atoms with Crippen LogP contribution in [0.5, 0.6) is 0 Å². The number of benzene rings is 2. The second-order valence-electron chi connectivity index (χ2n) is 9.10. The number of nitrogens with one attached hydrogen (secondary N) is 2. The SMILES string of the molecule is CC(C)(C)OC(=O)NC[C@H]1CC[C@H](CNS(=O)(=O)c2cccc3ccccc23)CC1. The van der Waals surface area contributed by atoms with Crippen molar-refractivity contribution < 1.29 is 17.9 Å². The minimum absolute atomic E-state index is 0.313. The molecule has 1 aliphatic rings. The molecule has 1 saturated carbocycles. The van der Waals surface area contributed by atoms with Gasteiger partial charge in [0, 0.05) is 18.5 Å². The van der Waals surface area contributed by atoms with Gasteiger partial charge in [-0.25, -0.2) is 17.9 Å². The minimum atomic E-state index is -3.56. The molecule has 6 nitrogen and oxygen atoms in total. The van der Waals surface area contributed by atoms with Crippen LogP contribution in [0, 0.1) is 11.8 Å². The van der Waals surface area contributed by atoms with Crippen LogP contribution in [0.4, 0.5) is 4.79 Å². The molecular weight excluding hydrogens is 400 g/mol. The zero-order valence-electron chi connectivity index (χ0n) is 18.0. The number of fused-ring (bicyclic) bond motifs is 1. The fourth-order valence-electron chi connectivity index (χ4n) is 3.92. The zero-order chi connectivity index (χ0) is 21.8. The number of alkyl carbamates (subject to hydrolysis) is 1. The highest BCUT2D eigenvalue weighted by Crippen LogP contribution is 2.29. The van der Waals surface area contributed by atoms with Crippen LogP contribution in [0.3, 0.4) is 0 Å². The van der Waals surface area contributed by atoms with Crippen molar-refractivity contribution in [2.75, 3.05) is 13.1 Å². The molecule has 30 heavy (non-hydrogen) atoms. The van der Waals surface area contributed by atoms with E-state index in [0.717, 1.165) is 36.5 Å². The second-order valence-corrected chi connectivity index (χ2v) is 10.8. The second kappa shape index (κ2) is 9.35. The average Bonchev–Trinajstić information content (AvgIpc) is 2.70. The van der Waals surface area contributed by atoms with Gasteiger partial charge in [0.25, 0.3) is 0 Å². The Balaban J connectivity index is 1.48.